The number of carboxylic acid groups (broad SMARTS) is 1. The van der Waals surface area contributed by atoms with Gasteiger partial charge in [0.1, 0.15) is 17.9 Å². The van der Waals surface area contributed by atoms with Crippen LogP contribution in [0.1, 0.15) is 21.7 Å². The van der Waals surface area contributed by atoms with Crippen molar-refractivity contribution in [2.24, 2.45) is 0 Å². The maximum Gasteiger partial charge on any atom is 0.322 e. The van der Waals surface area contributed by atoms with Gasteiger partial charge in [0.25, 0.3) is 5.91 Å². The molecule has 0 aliphatic carbocycles. The van der Waals surface area contributed by atoms with Crippen LogP contribution in [0.3, 0.4) is 0 Å². The Bertz CT molecular complexity index is 751. The summed E-state index contributed by atoms with van der Waals surface area (Å²) in [7, 11) is 0. The number of hydrogen-bond acceptors (Lipinski definition) is 4. The fourth-order valence-corrected chi connectivity index (χ4v) is 2.02. The number of carbonyl (C=O) groups is 3. The van der Waals surface area contributed by atoms with Gasteiger partial charge in [0.2, 0.25) is 5.91 Å². The van der Waals surface area contributed by atoms with Crippen LogP contribution in [0.25, 0.3) is 5.65 Å². The van der Waals surface area contributed by atoms with Crippen LogP contribution in [0.4, 0.5) is 0 Å². The van der Waals surface area contributed by atoms with Crippen LogP contribution in [0, 0.1) is 13.8 Å². The number of hydrogen-bond donors (Lipinski definition) is 3. The van der Waals surface area contributed by atoms with Gasteiger partial charge in [0.05, 0.1) is 12.2 Å². The van der Waals surface area contributed by atoms with Crippen molar-refractivity contribution in [2.45, 2.75) is 13.8 Å². The number of pyridine rings is 1. The molecule has 2 amide bonds. The second kappa shape index (κ2) is 6.25. The fraction of sp³-hybridized carbons (Fsp3) is 0.286. The minimum absolute atomic E-state index is 0.301. The molecule has 8 nitrogen and oxygen atoms in total. The smallest absolute Gasteiger partial charge is 0.322 e. The molecule has 0 bridgehead atoms. The van der Waals surface area contributed by atoms with Gasteiger partial charge in [-0.2, -0.15) is 0 Å². The molecule has 116 valence electrons. The highest BCUT2D eigenvalue weighted by molar-refractivity contribution is 5.97. The average Bonchev–Trinajstić information content (AvgIpc) is 2.77. The second-order valence-corrected chi connectivity index (χ2v) is 4.83. The van der Waals surface area contributed by atoms with Crippen molar-refractivity contribution < 1.29 is 19.5 Å². The van der Waals surface area contributed by atoms with E-state index in [1.165, 1.54) is 0 Å². The molecule has 2 aromatic rings. The monoisotopic (exact) mass is 304 g/mol. The Kier molecular flexibility index (Phi) is 4.40. The first-order valence-electron chi connectivity index (χ1n) is 6.60. The molecule has 0 saturated heterocycles. The van der Waals surface area contributed by atoms with E-state index in [9.17, 15) is 14.4 Å². The van der Waals surface area contributed by atoms with Crippen LogP contribution in [-0.2, 0) is 9.59 Å². The first-order chi connectivity index (χ1) is 10.4. The third kappa shape index (κ3) is 3.40. The van der Waals surface area contributed by atoms with Crippen molar-refractivity contribution >= 4 is 23.4 Å². The topological polar surface area (TPSA) is 113 Å². The van der Waals surface area contributed by atoms with Gasteiger partial charge in [-0.05, 0) is 25.5 Å². The van der Waals surface area contributed by atoms with Gasteiger partial charge >= 0.3 is 5.97 Å². The maximum atomic E-state index is 12.2. The van der Waals surface area contributed by atoms with Crippen LogP contribution >= 0.6 is 0 Å². The Hall–Kier alpha value is -2.90. The van der Waals surface area contributed by atoms with Gasteiger partial charge in [0, 0.05) is 6.20 Å². The SMILES string of the molecule is Cc1ccc2nc(C)c(C(=O)NCC(=O)NCC(=O)O)n2c1. The van der Waals surface area contributed by atoms with Gasteiger partial charge in [-0.3, -0.25) is 18.8 Å². The summed E-state index contributed by atoms with van der Waals surface area (Å²) in [5.41, 5.74) is 2.51. The number of carbonyl (C=O) groups excluding carboxylic acids is 2. The van der Waals surface area contributed by atoms with Gasteiger partial charge < -0.3 is 15.7 Å². The molecule has 2 heterocycles. The normalized spacial score (nSPS) is 10.5. The minimum Gasteiger partial charge on any atom is -0.480 e. The van der Waals surface area contributed by atoms with Crippen LogP contribution in [0.15, 0.2) is 18.3 Å². The standard InChI is InChI=1S/C14H16N4O4/c1-8-3-4-10-17-9(2)13(18(10)7-8)14(22)16-5-11(19)15-6-12(20)21/h3-4,7H,5-6H2,1-2H3,(H,15,19)(H,16,22)(H,20,21). The van der Waals surface area contributed by atoms with Gasteiger partial charge in [-0.15, -0.1) is 0 Å². The van der Waals surface area contributed by atoms with Crippen molar-refractivity contribution in [2.75, 3.05) is 13.1 Å². The lowest BCUT2D eigenvalue weighted by Gasteiger charge is -2.06. The Labute approximate surface area is 126 Å². The summed E-state index contributed by atoms with van der Waals surface area (Å²) in [6.45, 7) is 2.82. The molecule has 0 unspecified atom stereocenters. The number of nitrogens with one attached hydrogen (secondary N) is 2. The second-order valence-electron chi connectivity index (χ2n) is 4.83. The lowest BCUT2D eigenvalue weighted by atomic mass is 10.3. The minimum atomic E-state index is -1.15. The number of aromatic nitrogens is 2. The van der Waals surface area contributed by atoms with E-state index in [4.69, 9.17) is 5.11 Å². The third-order valence-electron chi connectivity index (χ3n) is 3.00. The lowest BCUT2D eigenvalue weighted by molar-refractivity contribution is -0.137. The molecule has 8 heteroatoms. The van der Waals surface area contributed by atoms with Crippen molar-refractivity contribution in [1.29, 1.82) is 0 Å². The van der Waals surface area contributed by atoms with E-state index >= 15 is 0 Å². The number of fused-ring (bicyclic) bond motifs is 1. The molecule has 0 aliphatic rings. The number of aryl methyl sites for hydroxylation is 2. The summed E-state index contributed by atoms with van der Waals surface area (Å²) >= 11 is 0. The third-order valence-corrected chi connectivity index (χ3v) is 3.00. The first kappa shape index (κ1) is 15.5. The molecule has 3 N–H and O–H groups in total. The molecule has 0 fully saturated rings. The van der Waals surface area contributed by atoms with E-state index in [2.05, 4.69) is 15.6 Å². The Morgan fingerprint density at radius 1 is 1.18 bits per heavy atom. The van der Waals surface area contributed by atoms with E-state index in [0.29, 0.717) is 17.0 Å². The fourth-order valence-electron chi connectivity index (χ4n) is 2.02. The summed E-state index contributed by atoms with van der Waals surface area (Å²) in [5, 5.41) is 13.1. The Morgan fingerprint density at radius 3 is 2.59 bits per heavy atom. The summed E-state index contributed by atoms with van der Waals surface area (Å²) in [6, 6.07) is 3.70. The van der Waals surface area contributed by atoms with E-state index in [1.807, 2.05) is 13.0 Å². The molecule has 22 heavy (non-hydrogen) atoms. The van der Waals surface area contributed by atoms with Crippen LogP contribution in [-0.4, -0.2) is 45.4 Å². The molecular formula is C14H16N4O4. The van der Waals surface area contributed by atoms with Crippen molar-refractivity contribution in [1.82, 2.24) is 20.0 Å². The Morgan fingerprint density at radius 2 is 1.91 bits per heavy atom. The zero-order chi connectivity index (χ0) is 16.3. The van der Waals surface area contributed by atoms with Gasteiger partial charge in [0.15, 0.2) is 0 Å². The number of nitrogens with zero attached hydrogens (tertiary/aromatic N) is 2. The molecule has 2 aromatic heterocycles. The predicted molar refractivity (Wildman–Crippen MR) is 77.6 cm³/mol. The van der Waals surface area contributed by atoms with E-state index in [1.54, 1.807) is 23.6 Å². The zero-order valence-electron chi connectivity index (χ0n) is 12.2. The number of carboxylic acids is 1. The zero-order valence-corrected chi connectivity index (χ0v) is 12.2. The molecule has 0 radical (unpaired) electrons. The highest BCUT2D eigenvalue weighted by Crippen LogP contribution is 2.13. The average molecular weight is 304 g/mol. The van der Waals surface area contributed by atoms with E-state index in [-0.39, 0.29) is 6.54 Å². The molecule has 0 aliphatic heterocycles. The number of amides is 2. The molecule has 0 atom stereocenters. The maximum absolute atomic E-state index is 12.2. The van der Waals surface area contributed by atoms with Crippen LogP contribution < -0.4 is 10.6 Å². The number of aliphatic carboxylic acids is 1. The van der Waals surface area contributed by atoms with E-state index in [0.717, 1.165) is 5.56 Å². The quantitative estimate of drug-likeness (QED) is 0.713. The van der Waals surface area contributed by atoms with Gasteiger partial charge in [-0.1, -0.05) is 6.07 Å². The summed E-state index contributed by atoms with van der Waals surface area (Å²) in [6.07, 6.45) is 1.79. The lowest BCUT2D eigenvalue weighted by Crippen LogP contribution is -2.39. The highest BCUT2D eigenvalue weighted by Gasteiger charge is 2.17. The van der Waals surface area contributed by atoms with Gasteiger partial charge in [-0.25, -0.2) is 4.98 Å². The van der Waals surface area contributed by atoms with Crippen LogP contribution in [0.2, 0.25) is 0 Å². The van der Waals surface area contributed by atoms with Crippen molar-refractivity contribution in [3.05, 3.63) is 35.3 Å². The molecule has 0 saturated carbocycles. The summed E-state index contributed by atoms with van der Waals surface area (Å²) in [4.78, 5) is 38.3. The number of imidazole rings is 1. The van der Waals surface area contributed by atoms with E-state index < -0.39 is 24.3 Å². The van der Waals surface area contributed by atoms with Crippen molar-refractivity contribution in [3.63, 3.8) is 0 Å². The molecule has 0 aromatic carbocycles. The highest BCUT2D eigenvalue weighted by atomic mass is 16.4. The predicted octanol–water partition coefficient (Wildman–Crippen LogP) is -0.118. The summed E-state index contributed by atoms with van der Waals surface area (Å²) in [5.74, 6) is -2.16. The first-order valence-corrected chi connectivity index (χ1v) is 6.60. The molecular weight excluding hydrogens is 288 g/mol. The van der Waals surface area contributed by atoms with Crippen molar-refractivity contribution in [3.8, 4) is 0 Å². The molecule has 0 spiro atoms. The van der Waals surface area contributed by atoms with Crippen LogP contribution in [0.5, 0.6) is 0 Å². The largest absolute Gasteiger partial charge is 0.480 e. The molecule has 2 rings (SSSR count). The Balaban J connectivity index is 2.10. The number of rotatable bonds is 5. The summed E-state index contributed by atoms with van der Waals surface area (Å²) < 4.78 is 1.66.